The van der Waals surface area contributed by atoms with Gasteiger partial charge in [0.15, 0.2) is 9.84 Å². The summed E-state index contributed by atoms with van der Waals surface area (Å²) in [5.74, 6) is -0.594. The van der Waals surface area contributed by atoms with Gasteiger partial charge in [0.1, 0.15) is 4.75 Å². The lowest BCUT2D eigenvalue weighted by atomic mass is 10.1. The minimum absolute atomic E-state index is 0.0555. The van der Waals surface area contributed by atoms with E-state index in [2.05, 4.69) is 5.32 Å². The van der Waals surface area contributed by atoms with Gasteiger partial charge < -0.3 is 5.32 Å². The van der Waals surface area contributed by atoms with E-state index in [0.29, 0.717) is 10.7 Å². The Kier molecular flexibility index (Phi) is 4.78. The molecule has 0 saturated carbocycles. The average Bonchev–Trinajstić information content (AvgIpc) is 2.62. The molecule has 6 heteroatoms. The van der Waals surface area contributed by atoms with E-state index in [1.165, 1.54) is 38.1 Å². The number of benzene rings is 3. The Morgan fingerprint density at radius 3 is 2.23 bits per heavy atom. The Morgan fingerprint density at radius 2 is 1.54 bits per heavy atom. The van der Waals surface area contributed by atoms with Crippen LogP contribution in [0.2, 0.25) is 5.02 Å². The van der Waals surface area contributed by atoms with Crippen molar-refractivity contribution in [2.45, 2.75) is 23.5 Å². The van der Waals surface area contributed by atoms with Crippen molar-refractivity contribution in [3.05, 3.63) is 71.8 Å². The van der Waals surface area contributed by atoms with Crippen molar-refractivity contribution in [2.75, 3.05) is 5.32 Å². The molecule has 26 heavy (non-hydrogen) atoms. The first-order valence-corrected chi connectivity index (χ1v) is 9.89. The fourth-order valence-corrected chi connectivity index (χ4v) is 4.14. The number of hydrogen-bond donors (Lipinski definition) is 1. The molecule has 0 spiro atoms. The molecule has 3 rings (SSSR count). The molecule has 0 aromatic heterocycles. The number of sulfone groups is 1. The summed E-state index contributed by atoms with van der Waals surface area (Å²) in [4.78, 5) is 12.9. The van der Waals surface area contributed by atoms with Crippen molar-refractivity contribution in [1.29, 1.82) is 0 Å². The van der Waals surface area contributed by atoms with Gasteiger partial charge in [-0.25, -0.2) is 8.42 Å². The molecule has 0 aliphatic heterocycles. The molecular weight excluding hydrogens is 370 g/mol. The fourth-order valence-electron chi connectivity index (χ4n) is 2.64. The molecule has 0 saturated heterocycles. The molecule has 0 radical (unpaired) electrons. The summed E-state index contributed by atoms with van der Waals surface area (Å²) < 4.78 is 24.3. The zero-order valence-electron chi connectivity index (χ0n) is 14.4. The maximum absolute atomic E-state index is 13.0. The molecule has 0 aliphatic rings. The molecule has 1 amide bonds. The highest BCUT2D eigenvalue weighted by Crippen LogP contribution is 2.29. The molecule has 0 aliphatic carbocycles. The highest BCUT2D eigenvalue weighted by atomic mass is 35.5. The third-order valence-corrected chi connectivity index (χ3v) is 7.05. The number of hydrogen-bond acceptors (Lipinski definition) is 3. The number of carbonyl (C=O) groups is 1. The molecular formula is C20H18ClNO3S. The van der Waals surface area contributed by atoms with Gasteiger partial charge in [0.2, 0.25) is 5.91 Å². The third-order valence-electron chi connectivity index (χ3n) is 4.38. The van der Waals surface area contributed by atoms with E-state index in [1.54, 1.807) is 6.07 Å². The minimum atomic E-state index is -3.90. The van der Waals surface area contributed by atoms with Gasteiger partial charge in [-0.15, -0.1) is 0 Å². The van der Waals surface area contributed by atoms with E-state index in [1.807, 2.05) is 36.4 Å². The SMILES string of the molecule is CC(C)(C(=O)Nc1cccc2ccccc12)S(=O)(=O)c1ccc(Cl)cc1. The molecule has 0 fully saturated rings. The van der Waals surface area contributed by atoms with Gasteiger partial charge in [-0.1, -0.05) is 48.0 Å². The van der Waals surface area contributed by atoms with Crippen LogP contribution in [0.15, 0.2) is 71.6 Å². The summed E-state index contributed by atoms with van der Waals surface area (Å²) in [7, 11) is -3.90. The quantitative estimate of drug-likeness (QED) is 0.706. The van der Waals surface area contributed by atoms with Crippen LogP contribution in [0, 0.1) is 0 Å². The summed E-state index contributed by atoms with van der Waals surface area (Å²) in [6.45, 7) is 2.80. The Morgan fingerprint density at radius 1 is 0.923 bits per heavy atom. The lowest BCUT2D eigenvalue weighted by Crippen LogP contribution is -2.44. The van der Waals surface area contributed by atoms with Gasteiger partial charge in [0.05, 0.1) is 4.90 Å². The number of carbonyl (C=O) groups excluding carboxylic acids is 1. The average molecular weight is 388 g/mol. The Hall–Kier alpha value is -2.37. The van der Waals surface area contributed by atoms with Gasteiger partial charge in [-0.3, -0.25) is 4.79 Å². The number of rotatable bonds is 4. The summed E-state index contributed by atoms with van der Waals surface area (Å²) in [6, 6.07) is 18.9. The van der Waals surface area contributed by atoms with Crippen LogP contribution >= 0.6 is 11.6 Å². The zero-order chi connectivity index (χ0) is 18.9. The third kappa shape index (κ3) is 3.20. The smallest absolute Gasteiger partial charge is 0.245 e. The Balaban J connectivity index is 1.96. The summed E-state index contributed by atoms with van der Waals surface area (Å²) >= 11 is 5.83. The molecule has 0 unspecified atom stereocenters. The van der Waals surface area contributed by atoms with Crippen molar-refractivity contribution in [3.63, 3.8) is 0 Å². The first kappa shape index (κ1) is 18.4. The maximum Gasteiger partial charge on any atom is 0.245 e. The van der Waals surface area contributed by atoms with Crippen LogP contribution < -0.4 is 5.32 Å². The van der Waals surface area contributed by atoms with E-state index < -0.39 is 20.5 Å². The maximum atomic E-state index is 13.0. The molecule has 134 valence electrons. The number of nitrogens with one attached hydrogen (secondary N) is 1. The van der Waals surface area contributed by atoms with Crippen molar-refractivity contribution >= 4 is 43.8 Å². The van der Waals surface area contributed by atoms with E-state index in [-0.39, 0.29) is 4.90 Å². The first-order chi connectivity index (χ1) is 12.2. The van der Waals surface area contributed by atoms with Gasteiger partial charge >= 0.3 is 0 Å². The van der Waals surface area contributed by atoms with Gasteiger partial charge in [-0.05, 0) is 49.6 Å². The van der Waals surface area contributed by atoms with Gasteiger partial charge in [-0.2, -0.15) is 0 Å². The van der Waals surface area contributed by atoms with E-state index in [9.17, 15) is 13.2 Å². The monoisotopic (exact) mass is 387 g/mol. The van der Waals surface area contributed by atoms with Crippen molar-refractivity contribution in [2.24, 2.45) is 0 Å². The molecule has 3 aromatic carbocycles. The number of fused-ring (bicyclic) bond motifs is 1. The van der Waals surface area contributed by atoms with Crippen LogP contribution in [-0.2, 0) is 14.6 Å². The summed E-state index contributed by atoms with van der Waals surface area (Å²) in [5, 5.41) is 5.01. The van der Waals surface area contributed by atoms with Crippen LogP contribution in [0.4, 0.5) is 5.69 Å². The lowest BCUT2D eigenvalue weighted by molar-refractivity contribution is -0.117. The summed E-state index contributed by atoms with van der Waals surface area (Å²) in [6.07, 6.45) is 0. The second-order valence-electron chi connectivity index (χ2n) is 6.45. The normalized spacial score (nSPS) is 12.1. The fraction of sp³-hybridized carbons (Fsp3) is 0.150. The second-order valence-corrected chi connectivity index (χ2v) is 9.38. The zero-order valence-corrected chi connectivity index (χ0v) is 15.9. The Labute approximate surface area is 157 Å². The van der Waals surface area contributed by atoms with Crippen LogP contribution in [0.25, 0.3) is 10.8 Å². The van der Waals surface area contributed by atoms with Crippen molar-refractivity contribution in [3.8, 4) is 0 Å². The highest BCUT2D eigenvalue weighted by Gasteiger charge is 2.42. The van der Waals surface area contributed by atoms with E-state index >= 15 is 0 Å². The van der Waals surface area contributed by atoms with Gasteiger partial charge in [0.25, 0.3) is 0 Å². The van der Waals surface area contributed by atoms with Crippen LogP contribution in [0.5, 0.6) is 0 Å². The largest absolute Gasteiger partial charge is 0.324 e. The standard InChI is InChI=1S/C20H18ClNO3S/c1-20(2,26(24,25)16-12-10-15(21)11-13-16)19(23)22-18-9-5-7-14-6-3-4-8-17(14)18/h3-13H,1-2H3,(H,22,23). The van der Waals surface area contributed by atoms with Crippen molar-refractivity contribution < 1.29 is 13.2 Å². The topological polar surface area (TPSA) is 63.2 Å². The molecule has 0 bridgehead atoms. The number of amides is 1. The number of halogens is 1. The van der Waals surface area contributed by atoms with Crippen molar-refractivity contribution in [1.82, 2.24) is 0 Å². The predicted molar refractivity (Wildman–Crippen MR) is 105 cm³/mol. The molecule has 3 aromatic rings. The first-order valence-electron chi connectivity index (χ1n) is 8.03. The minimum Gasteiger partial charge on any atom is -0.324 e. The van der Waals surface area contributed by atoms with Crippen LogP contribution in [0.1, 0.15) is 13.8 Å². The summed E-state index contributed by atoms with van der Waals surface area (Å²) in [5.41, 5.74) is 0.576. The predicted octanol–water partition coefficient (Wildman–Crippen LogP) is 4.68. The lowest BCUT2D eigenvalue weighted by Gasteiger charge is -2.24. The molecule has 0 heterocycles. The Bertz CT molecular complexity index is 1070. The highest BCUT2D eigenvalue weighted by molar-refractivity contribution is 7.93. The molecule has 1 N–H and O–H groups in total. The van der Waals surface area contributed by atoms with Crippen LogP contribution in [0.3, 0.4) is 0 Å². The molecule has 4 nitrogen and oxygen atoms in total. The molecule has 0 atom stereocenters. The van der Waals surface area contributed by atoms with E-state index in [0.717, 1.165) is 10.8 Å². The van der Waals surface area contributed by atoms with Gasteiger partial charge in [0, 0.05) is 16.1 Å². The van der Waals surface area contributed by atoms with Crippen LogP contribution in [-0.4, -0.2) is 19.1 Å². The second kappa shape index (κ2) is 6.74. The number of anilines is 1. The van der Waals surface area contributed by atoms with E-state index in [4.69, 9.17) is 11.6 Å².